The Hall–Kier alpha value is -0.0400. The summed E-state index contributed by atoms with van der Waals surface area (Å²) in [5, 5.41) is 0. The molecule has 1 aliphatic heterocycles. The lowest BCUT2D eigenvalue weighted by atomic mass is 10.0. The second-order valence-electron chi connectivity index (χ2n) is 4.65. The highest BCUT2D eigenvalue weighted by Gasteiger charge is 2.19. The first-order chi connectivity index (χ1) is 6.88. The second-order valence-corrected chi connectivity index (χ2v) is 4.65. The Morgan fingerprint density at radius 2 is 1.71 bits per heavy atom. The third-order valence-corrected chi connectivity index (χ3v) is 3.52. The largest absolute Gasteiger partial charge is 0.300 e. The molecule has 1 heterocycles. The Labute approximate surface area is 89.9 Å². The first-order valence-corrected chi connectivity index (χ1v) is 6.62. The molecule has 0 N–H and O–H groups in total. The third kappa shape index (κ3) is 4.00. The van der Waals surface area contributed by atoms with E-state index in [1.165, 1.54) is 64.5 Å². The van der Waals surface area contributed by atoms with E-state index in [4.69, 9.17) is 0 Å². The molecule has 0 bridgehead atoms. The van der Waals surface area contributed by atoms with Crippen LogP contribution in [0, 0.1) is 0 Å². The predicted octanol–water partition coefficient (Wildman–Crippen LogP) is 3.83. The van der Waals surface area contributed by atoms with E-state index in [0.29, 0.717) is 0 Å². The van der Waals surface area contributed by atoms with Gasteiger partial charge >= 0.3 is 0 Å². The fourth-order valence-corrected chi connectivity index (χ4v) is 2.56. The van der Waals surface area contributed by atoms with Crippen LogP contribution in [0.15, 0.2) is 0 Å². The summed E-state index contributed by atoms with van der Waals surface area (Å²) in [7, 11) is 0. The normalized spacial score (nSPS) is 20.1. The summed E-state index contributed by atoms with van der Waals surface area (Å²) in [5.41, 5.74) is 0. The molecule has 1 nitrogen and oxygen atoms in total. The van der Waals surface area contributed by atoms with Crippen molar-refractivity contribution in [3.05, 3.63) is 0 Å². The minimum absolute atomic E-state index is 0.898. The maximum absolute atomic E-state index is 2.71. The highest BCUT2D eigenvalue weighted by Crippen LogP contribution is 2.18. The lowest BCUT2D eigenvalue weighted by molar-refractivity contribution is 0.220. The minimum atomic E-state index is 0.898. The van der Waals surface area contributed by atoms with Gasteiger partial charge in [-0.15, -0.1) is 0 Å². The molecule has 0 radical (unpaired) electrons. The van der Waals surface area contributed by atoms with Crippen molar-refractivity contribution in [3.8, 4) is 0 Å². The van der Waals surface area contributed by atoms with Crippen LogP contribution in [0.4, 0.5) is 0 Å². The smallest absolute Gasteiger partial charge is 0.00926 e. The van der Waals surface area contributed by atoms with Crippen molar-refractivity contribution in [2.24, 2.45) is 0 Å². The maximum atomic E-state index is 2.71. The molecule has 0 aromatic heterocycles. The average molecular weight is 197 g/mol. The van der Waals surface area contributed by atoms with E-state index in [0.717, 1.165) is 6.04 Å². The number of likely N-dealkylation sites (tertiary alicyclic amines) is 1. The zero-order valence-corrected chi connectivity index (χ0v) is 10.1. The van der Waals surface area contributed by atoms with Crippen LogP contribution in [-0.4, -0.2) is 24.0 Å². The number of hydrogen-bond donors (Lipinski definition) is 0. The molecule has 1 fully saturated rings. The van der Waals surface area contributed by atoms with E-state index in [1.54, 1.807) is 0 Å². The molecule has 0 aromatic carbocycles. The molecule has 0 saturated carbocycles. The van der Waals surface area contributed by atoms with Crippen molar-refractivity contribution in [1.29, 1.82) is 0 Å². The van der Waals surface area contributed by atoms with Crippen molar-refractivity contribution in [2.75, 3.05) is 13.1 Å². The van der Waals surface area contributed by atoms with Crippen LogP contribution in [0.25, 0.3) is 0 Å². The topological polar surface area (TPSA) is 3.24 Å². The average Bonchev–Trinajstić information content (AvgIpc) is 2.71. The molecule has 14 heavy (non-hydrogen) atoms. The Bertz CT molecular complexity index is 127. The quantitative estimate of drug-likeness (QED) is 0.561. The van der Waals surface area contributed by atoms with Crippen LogP contribution >= 0.6 is 0 Å². The van der Waals surface area contributed by atoms with Crippen LogP contribution in [0.5, 0.6) is 0 Å². The van der Waals surface area contributed by atoms with Crippen molar-refractivity contribution in [1.82, 2.24) is 4.90 Å². The molecule has 1 heteroatoms. The standard InChI is InChI=1S/C13H27N/c1-3-5-6-7-10-13(4-2)14-11-8-9-12-14/h13H,3-12H2,1-2H3. The van der Waals surface area contributed by atoms with Crippen molar-refractivity contribution in [3.63, 3.8) is 0 Å². The lowest BCUT2D eigenvalue weighted by Gasteiger charge is -2.26. The first-order valence-electron chi connectivity index (χ1n) is 6.62. The van der Waals surface area contributed by atoms with Gasteiger partial charge in [0.25, 0.3) is 0 Å². The number of rotatable bonds is 7. The maximum Gasteiger partial charge on any atom is 0.00926 e. The Morgan fingerprint density at radius 1 is 1.00 bits per heavy atom. The van der Waals surface area contributed by atoms with Gasteiger partial charge in [0, 0.05) is 6.04 Å². The summed E-state index contributed by atoms with van der Waals surface area (Å²) in [6, 6.07) is 0.898. The number of hydrogen-bond acceptors (Lipinski definition) is 1. The number of unbranched alkanes of at least 4 members (excludes halogenated alkanes) is 3. The molecular formula is C13H27N. The van der Waals surface area contributed by atoms with Gasteiger partial charge in [0.05, 0.1) is 0 Å². The highest BCUT2D eigenvalue weighted by molar-refractivity contribution is 4.75. The van der Waals surface area contributed by atoms with E-state index in [9.17, 15) is 0 Å². The molecule has 1 atom stereocenters. The van der Waals surface area contributed by atoms with Crippen LogP contribution < -0.4 is 0 Å². The van der Waals surface area contributed by atoms with Gasteiger partial charge < -0.3 is 4.90 Å². The van der Waals surface area contributed by atoms with Crippen molar-refractivity contribution < 1.29 is 0 Å². The summed E-state index contributed by atoms with van der Waals surface area (Å²) in [4.78, 5) is 2.71. The summed E-state index contributed by atoms with van der Waals surface area (Å²) < 4.78 is 0. The van der Waals surface area contributed by atoms with E-state index in [-0.39, 0.29) is 0 Å². The molecular weight excluding hydrogens is 170 g/mol. The summed E-state index contributed by atoms with van der Waals surface area (Å²) >= 11 is 0. The highest BCUT2D eigenvalue weighted by atomic mass is 15.2. The van der Waals surface area contributed by atoms with Crippen LogP contribution in [0.1, 0.15) is 65.2 Å². The molecule has 0 aromatic rings. The zero-order valence-electron chi connectivity index (χ0n) is 10.1. The zero-order chi connectivity index (χ0) is 10.2. The van der Waals surface area contributed by atoms with Gasteiger partial charge in [-0.3, -0.25) is 0 Å². The van der Waals surface area contributed by atoms with E-state index < -0.39 is 0 Å². The van der Waals surface area contributed by atoms with Gasteiger partial charge in [-0.2, -0.15) is 0 Å². The first kappa shape index (κ1) is 12.0. The lowest BCUT2D eigenvalue weighted by Crippen LogP contribution is -2.31. The van der Waals surface area contributed by atoms with Crippen LogP contribution in [0.3, 0.4) is 0 Å². The molecule has 0 aliphatic carbocycles. The van der Waals surface area contributed by atoms with Gasteiger partial charge in [-0.1, -0.05) is 39.5 Å². The van der Waals surface area contributed by atoms with E-state index in [2.05, 4.69) is 18.7 Å². The Kier molecular flexibility index (Phi) is 6.25. The van der Waals surface area contributed by atoms with Crippen LogP contribution in [0.2, 0.25) is 0 Å². The summed E-state index contributed by atoms with van der Waals surface area (Å²) in [5.74, 6) is 0. The predicted molar refractivity (Wildman–Crippen MR) is 63.6 cm³/mol. The molecule has 1 rings (SSSR count). The summed E-state index contributed by atoms with van der Waals surface area (Å²) in [6.07, 6.45) is 11.3. The monoisotopic (exact) mass is 197 g/mol. The fourth-order valence-electron chi connectivity index (χ4n) is 2.56. The van der Waals surface area contributed by atoms with Gasteiger partial charge in [0.1, 0.15) is 0 Å². The molecule has 1 unspecified atom stereocenters. The van der Waals surface area contributed by atoms with E-state index >= 15 is 0 Å². The van der Waals surface area contributed by atoms with Gasteiger partial charge in [0.2, 0.25) is 0 Å². The SMILES string of the molecule is CCCCCCC(CC)N1CCCC1. The van der Waals surface area contributed by atoms with Gasteiger partial charge in [0.15, 0.2) is 0 Å². The molecule has 1 saturated heterocycles. The Morgan fingerprint density at radius 3 is 2.29 bits per heavy atom. The fraction of sp³-hybridized carbons (Fsp3) is 1.00. The van der Waals surface area contributed by atoms with Crippen molar-refractivity contribution in [2.45, 2.75) is 71.3 Å². The molecule has 0 spiro atoms. The molecule has 0 amide bonds. The van der Waals surface area contributed by atoms with Gasteiger partial charge in [-0.25, -0.2) is 0 Å². The van der Waals surface area contributed by atoms with E-state index in [1.807, 2.05) is 0 Å². The van der Waals surface area contributed by atoms with Crippen molar-refractivity contribution >= 4 is 0 Å². The number of nitrogens with zero attached hydrogens (tertiary/aromatic N) is 1. The summed E-state index contributed by atoms with van der Waals surface area (Å²) in [6.45, 7) is 7.37. The van der Waals surface area contributed by atoms with Crippen LogP contribution in [-0.2, 0) is 0 Å². The Balaban J connectivity index is 2.11. The minimum Gasteiger partial charge on any atom is -0.300 e. The molecule has 1 aliphatic rings. The second kappa shape index (κ2) is 7.28. The molecule has 84 valence electrons. The third-order valence-electron chi connectivity index (χ3n) is 3.52. The van der Waals surface area contributed by atoms with Gasteiger partial charge in [-0.05, 0) is 38.8 Å².